The van der Waals surface area contributed by atoms with Gasteiger partial charge in [0.05, 0.1) is 24.3 Å². The Labute approximate surface area is 119 Å². The summed E-state index contributed by atoms with van der Waals surface area (Å²) >= 11 is 6.13. The number of nitrogens with one attached hydrogen (secondary N) is 1. The van der Waals surface area contributed by atoms with Crippen LogP contribution in [0.5, 0.6) is 0 Å². The van der Waals surface area contributed by atoms with Crippen LogP contribution in [0.4, 0.5) is 0 Å². The fraction of sp³-hybridized carbons (Fsp3) is 0.533. The third-order valence-electron chi connectivity index (χ3n) is 3.74. The first-order valence-corrected chi connectivity index (χ1v) is 7.08. The molecule has 1 aliphatic carbocycles. The van der Waals surface area contributed by atoms with Crippen LogP contribution in [0.1, 0.15) is 36.8 Å². The van der Waals surface area contributed by atoms with Crippen LogP contribution in [0.2, 0.25) is 5.02 Å². The second kappa shape index (κ2) is 6.91. The first kappa shape index (κ1) is 14.3. The Morgan fingerprint density at radius 1 is 1.37 bits per heavy atom. The molecule has 0 aliphatic heterocycles. The minimum Gasteiger partial charge on any atom is -0.373 e. The van der Waals surface area contributed by atoms with E-state index in [-0.39, 0.29) is 0 Å². The summed E-state index contributed by atoms with van der Waals surface area (Å²) in [5, 5.41) is 12.7. The average molecular weight is 279 g/mol. The molecule has 1 saturated carbocycles. The Kier molecular flexibility index (Phi) is 5.21. The third kappa shape index (κ3) is 3.94. The lowest BCUT2D eigenvalue weighted by Gasteiger charge is -2.28. The summed E-state index contributed by atoms with van der Waals surface area (Å²) in [5.41, 5.74) is 1.54. The predicted molar refractivity (Wildman–Crippen MR) is 76.1 cm³/mol. The molecule has 0 spiro atoms. The molecule has 0 bridgehead atoms. The Balaban J connectivity index is 1.85. The minimum absolute atomic E-state index is 0.330. The van der Waals surface area contributed by atoms with Crippen molar-refractivity contribution in [3.8, 4) is 6.07 Å². The molecule has 1 aromatic rings. The van der Waals surface area contributed by atoms with Gasteiger partial charge < -0.3 is 10.1 Å². The van der Waals surface area contributed by atoms with Gasteiger partial charge in [-0.05, 0) is 50.4 Å². The van der Waals surface area contributed by atoms with E-state index in [4.69, 9.17) is 21.6 Å². The van der Waals surface area contributed by atoms with E-state index in [0.717, 1.165) is 18.4 Å². The van der Waals surface area contributed by atoms with Crippen molar-refractivity contribution >= 4 is 11.6 Å². The van der Waals surface area contributed by atoms with E-state index in [9.17, 15) is 0 Å². The van der Waals surface area contributed by atoms with Gasteiger partial charge in [0.25, 0.3) is 0 Å². The number of benzene rings is 1. The molecular formula is C15H19ClN2O. The van der Waals surface area contributed by atoms with Gasteiger partial charge in [0, 0.05) is 11.1 Å². The van der Waals surface area contributed by atoms with Crippen LogP contribution in [0.3, 0.4) is 0 Å². The lowest BCUT2D eigenvalue weighted by atomic mass is 9.93. The molecule has 0 atom stereocenters. The number of halogens is 1. The van der Waals surface area contributed by atoms with E-state index >= 15 is 0 Å². The van der Waals surface area contributed by atoms with Crippen LogP contribution in [0.25, 0.3) is 0 Å². The maximum Gasteiger partial charge on any atom is 0.0992 e. The van der Waals surface area contributed by atoms with Crippen LogP contribution in [-0.2, 0) is 11.3 Å². The van der Waals surface area contributed by atoms with Crippen molar-refractivity contribution in [3.05, 3.63) is 34.3 Å². The summed E-state index contributed by atoms with van der Waals surface area (Å²) in [6, 6.07) is 8.06. The minimum atomic E-state index is 0.330. The lowest BCUT2D eigenvalue weighted by Crippen LogP contribution is -2.32. The van der Waals surface area contributed by atoms with Gasteiger partial charge in [0.1, 0.15) is 0 Å². The Morgan fingerprint density at radius 3 is 2.68 bits per heavy atom. The molecule has 1 aromatic carbocycles. The summed E-state index contributed by atoms with van der Waals surface area (Å²) in [6.45, 7) is 0.527. The molecule has 2 rings (SSSR count). The molecule has 1 fully saturated rings. The highest BCUT2D eigenvalue weighted by Gasteiger charge is 2.20. The number of rotatable bonds is 4. The summed E-state index contributed by atoms with van der Waals surface area (Å²) in [7, 11) is 2.02. The van der Waals surface area contributed by atoms with Crippen LogP contribution >= 0.6 is 11.6 Å². The van der Waals surface area contributed by atoms with Gasteiger partial charge >= 0.3 is 0 Å². The second-order valence-electron chi connectivity index (χ2n) is 4.99. The van der Waals surface area contributed by atoms with Crippen molar-refractivity contribution in [2.75, 3.05) is 7.05 Å². The fourth-order valence-corrected chi connectivity index (χ4v) is 2.69. The molecule has 102 valence electrons. The molecule has 3 nitrogen and oxygen atoms in total. The molecule has 0 radical (unpaired) electrons. The molecule has 0 amide bonds. The molecular weight excluding hydrogens is 260 g/mol. The average Bonchev–Trinajstić information content (AvgIpc) is 2.46. The highest BCUT2D eigenvalue weighted by Crippen LogP contribution is 2.24. The highest BCUT2D eigenvalue weighted by atomic mass is 35.5. The third-order valence-corrected chi connectivity index (χ3v) is 4.09. The number of nitrogens with zero attached hydrogens (tertiary/aromatic N) is 1. The molecule has 1 aliphatic rings. The molecule has 0 saturated heterocycles. The zero-order valence-electron chi connectivity index (χ0n) is 11.2. The molecule has 19 heavy (non-hydrogen) atoms. The van der Waals surface area contributed by atoms with E-state index in [2.05, 4.69) is 11.4 Å². The van der Waals surface area contributed by atoms with Crippen molar-refractivity contribution in [1.29, 1.82) is 5.26 Å². The van der Waals surface area contributed by atoms with E-state index < -0.39 is 0 Å². The van der Waals surface area contributed by atoms with Gasteiger partial charge in [-0.1, -0.05) is 17.7 Å². The topological polar surface area (TPSA) is 45.0 Å². The van der Waals surface area contributed by atoms with E-state index in [1.807, 2.05) is 13.1 Å². The van der Waals surface area contributed by atoms with Gasteiger partial charge in [0.15, 0.2) is 0 Å². The van der Waals surface area contributed by atoms with Gasteiger partial charge in [-0.15, -0.1) is 0 Å². The monoisotopic (exact) mass is 278 g/mol. The Morgan fingerprint density at radius 2 is 2.11 bits per heavy atom. The lowest BCUT2D eigenvalue weighted by molar-refractivity contribution is 0.0119. The van der Waals surface area contributed by atoms with Crippen molar-refractivity contribution in [2.24, 2.45) is 0 Å². The van der Waals surface area contributed by atoms with E-state index in [0.29, 0.717) is 29.3 Å². The number of nitriles is 1. The van der Waals surface area contributed by atoms with Crippen molar-refractivity contribution in [1.82, 2.24) is 5.32 Å². The van der Waals surface area contributed by atoms with Gasteiger partial charge in [-0.3, -0.25) is 0 Å². The highest BCUT2D eigenvalue weighted by molar-refractivity contribution is 6.31. The maximum absolute atomic E-state index is 8.79. The molecule has 0 heterocycles. The SMILES string of the molecule is CNC1CCC(OCc2ccc(C#N)cc2Cl)CC1. The van der Waals surface area contributed by atoms with Crippen LogP contribution in [0.15, 0.2) is 18.2 Å². The van der Waals surface area contributed by atoms with Crippen LogP contribution < -0.4 is 5.32 Å². The first-order valence-electron chi connectivity index (χ1n) is 6.70. The zero-order valence-corrected chi connectivity index (χ0v) is 11.9. The van der Waals surface area contributed by atoms with Crippen LogP contribution in [0, 0.1) is 11.3 Å². The molecule has 4 heteroatoms. The van der Waals surface area contributed by atoms with Crippen LogP contribution in [-0.4, -0.2) is 19.2 Å². The fourth-order valence-electron chi connectivity index (χ4n) is 2.46. The number of hydrogen-bond donors (Lipinski definition) is 1. The maximum atomic E-state index is 8.79. The standard InChI is InChI=1S/C15H19ClN2O/c1-18-13-4-6-14(7-5-13)19-10-12-3-2-11(9-17)8-15(12)16/h2-3,8,13-14,18H,4-7,10H2,1H3. The number of hydrogen-bond acceptors (Lipinski definition) is 3. The summed E-state index contributed by atoms with van der Waals surface area (Å²) in [5.74, 6) is 0. The second-order valence-corrected chi connectivity index (χ2v) is 5.40. The normalized spacial score (nSPS) is 23.0. The van der Waals surface area contributed by atoms with E-state index in [1.165, 1.54) is 12.8 Å². The van der Waals surface area contributed by atoms with Crippen molar-refractivity contribution in [2.45, 2.75) is 44.4 Å². The quantitative estimate of drug-likeness (QED) is 0.919. The predicted octanol–water partition coefficient (Wildman–Crippen LogP) is 3.26. The molecule has 0 unspecified atom stereocenters. The molecule has 1 N–H and O–H groups in total. The van der Waals surface area contributed by atoms with E-state index in [1.54, 1.807) is 12.1 Å². The zero-order chi connectivity index (χ0) is 13.7. The largest absolute Gasteiger partial charge is 0.373 e. The van der Waals surface area contributed by atoms with Crippen molar-refractivity contribution in [3.63, 3.8) is 0 Å². The molecule has 0 aromatic heterocycles. The summed E-state index contributed by atoms with van der Waals surface area (Å²) in [4.78, 5) is 0. The summed E-state index contributed by atoms with van der Waals surface area (Å²) < 4.78 is 5.92. The smallest absolute Gasteiger partial charge is 0.0992 e. The van der Waals surface area contributed by atoms with Crippen molar-refractivity contribution < 1.29 is 4.74 Å². The van der Waals surface area contributed by atoms with Gasteiger partial charge in [0.2, 0.25) is 0 Å². The first-order chi connectivity index (χ1) is 9.22. The van der Waals surface area contributed by atoms with Gasteiger partial charge in [-0.25, -0.2) is 0 Å². The van der Waals surface area contributed by atoms with Gasteiger partial charge in [-0.2, -0.15) is 5.26 Å². The number of ether oxygens (including phenoxy) is 1. The summed E-state index contributed by atoms with van der Waals surface area (Å²) in [6.07, 6.45) is 4.86. The Hall–Kier alpha value is -1.08. The Bertz CT molecular complexity index is 462.